The van der Waals surface area contributed by atoms with Gasteiger partial charge >= 0.3 is 0 Å². The molecule has 0 spiro atoms. The summed E-state index contributed by atoms with van der Waals surface area (Å²) >= 11 is 0. The molecule has 1 amide bonds. The molecule has 0 atom stereocenters. The molecule has 0 aromatic heterocycles. The lowest BCUT2D eigenvalue weighted by Gasteiger charge is -2.21. The van der Waals surface area contributed by atoms with Gasteiger partial charge in [-0.15, -0.1) is 0 Å². The average Bonchev–Trinajstić information content (AvgIpc) is 2.85. The quantitative estimate of drug-likeness (QED) is 0.285. The van der Waals surface area contributed by atoms with E-state index in [9.17, 15) is 4.79 Å². The summed E-state index contributed by atoms with van der Waals surface area (Å²) in [6.45, 7) is 10.2. The Morgan fingerprint density at radius 3 is 2.51 bits per heavy atom. The normalized spacial score (nSPS) is 13.6. The van der Waals surface area contributed by atoms with Gasteiger partial charge in [-0.05, 0) is 79.5 Å². The van der Waals surface area contributed by atoms with E-state index in [0.717, 1.165) is 72.4 Å². The van der Waals surface area contributed by atoms with Crippen LogP contribution in [0.2, 0.25) is 0 Å². The number of carbonyl (C=O) groups excluding carboxylic acids is 1. The van der Waals surface area contributed by atoms with E-state index in [4.69, 9.17) is 19.4 Å². The van der Waals surface area contributed by atoms with Crippen LogP contribution in [0.3, 0.4) is 0 Å². The van der Waals surface area contributed by atoms with E-state index in [2.05, 4.69) is 44.3 Å². The van der Waals surface area contributed by atoms with Gasteiger partial charge in [0, 0.05) is 18.2 Å². The van der Waals surface area contributed by atoms with Crippen LogP contribution in [0.5, 0.6) is 5.75 Å². The topological polar surface area (TPSA) is 84.9 Å². The Kier molecular flexibility index (Phi) is 12.3. The third-order valence-electron chi connectivity index (χ3n) is 6.32. The number of rotatable bonds is 10. The van der Waals surface area contributed by atoms with Crippen molar-refractivity contribution < 1.29 is 24.2 Å². The Morgan fingerprint density at radius 2 is 1.86 bits per heavy atom. The molecular formula is C29H41NO5. The highest BCUT2D eigenvalue weighted by molar-refractivity contribution is 5.93. The van der Waals surface area contributed by atoms with Crippen molar-refractivity contribution in [1.82, 2.24) is 0 Å². The van der Waals surface area contributed by atoms with Crippen molar-refractivity contribution in [1.29, 1.82) is 0 Å². The molecule has 1 fully saturated rings. The largest absolute Gasteiger partial charge is 0.494 e. The minimum atomic E-state index is -0.250. The number of nitrogens with one attached hydrogen (secondary N) is 1. The van der Waals surface area contributed by atoms with E-state index in [1.807, 2.05) is 25.1 Å². The van der Waals surface area contributed by atoms with Crippen molar-refractivity contribution in [3.8, 4) is 16.9 Å². The number of hydrogen-bond donors (Lipinski definition) is 2. The zero-order valence-corrected chi connectivity index (χ0v) is 21.6. The SMILES string of the molecule is CCOc1cccc(-c2ccc(NC(=O)C3CCCCC3)cc2COCCC(C)C)c1C.O=CO. The van der Waals surface area contributed by atoms with Gasteiger partial charge in [-0.25, -0.2) is 0 Å². The number of carbonyl (C=O) groups is 2. The minimum absolute atomic E-state index is 0.138. The van der Waals surface area contributed by atoms with Crippen molar-refractivity contribution in [3.05, 3.63) is 47.5 Å². The molecule has 0 aliphatic heterocycles. The molecule has 2 aromatic rings. The van der Waals surface area contributed by atoms with E-state index in [-0.39, 0.29) is 18.3 Å². The second-order valence-corrected chi connectivity index (χ2v) is 9.40. The third-order valence-corrected chi connectivity index (χ3v) is 6.32. The van der Waals surface area contributed by atoms with Gasteiger partial charge in [0.15, 0.2) is 0 Å². The first-order valence-corrected chi connectivity index (χ1v) is 12.7. The fraction of sp³-hybridized carbons (Fsp3) is 0.517. The molecular weight excluding hydrogens is 442 g/mol. The summed E-state index contributed by atoms with van der Waals surface area (Å²) in [5.74, 6) is 1.81. The van der Waals surface area contributed by atoms with Crippen LogP contribution in [0.1, 0.15) is 70.4 Å². The Hall–Kier alpha value is -2.86. The number of carboxylic acid groups (broad SMARTS) is 1. The molecule has 6 nitrogen and oxygen atoms in total. The van der Waals surface area contributed by atoms with Crippen molar-refractivity contribution in [2.45, 2.75) is 72.8 Å². The fourth-order valence-corrected chi connectivity index (χ4v) is 4.38. The van der Waals surface area contributed by atoms with Crippen LogP contribution in [0.4, 0.5) is 5.69 Å². The highest BCUT2D eigenvalue weighted by Crippen LogP contribution is 2.34. The molecule has 35 heavy (non-hydrogen) atoms. The lowest BCUT2D eigenvalue weighted by Crippen LogP contribution is -2.24. The minimum Gasteiger partial charge on any atom is -0.494 e. The number of benzene rings is 2. The van der Waals surface area contributed by atoms with Crippen LogP contribution in [0, 0.1) is 18.8 Å². The molecule has 1 aliphatic carbocycles. The molecule has 0 saturated heterocycles. The molecule has 1 saturated carbocycles. The van der Waals surface area contributed by atoms with Crippen molar-refractivity contribution >= 4 is 18.1 Å². The predicted octanol–water partition coefficient (Wildman–Crippen LogP) is 6.84. The molecule has 2 aromatic carbocycles. The number of hydrogen-bond acceptors (Lipinski definition) is 4. The number of anilines is 1. The summed E-state index contributed by atoms with van der Waals surface area (Å²) < 4.78 is 11.9. The predicted molar refractivity (Wildman–Crippen MR) is 141 cm³/mol. The highest BCUT2D eigenvalue weighted by Gasteiger charge is 2.21. The van der Waals surface area contributed by atoms with Crippen LogP contribution >= 0.6 is 0 Å². The lowest BCUT2D eigenvalue weighted by atomic mass is 9.88. The van der Waals surface area contributed by atoms with Gasteiger partial charge < -0.3 is 19.9 Å². The zero-order chi connectivity index (χ0) is 25.6. The van der Waals surface area contributed by atoms with Gasteiger partial charge in [-0.2, -0.15) is 0 Å². The van der Waals surface area contributed by atoms with E-state index in [1.54, 1.807) is 0 Å². The maximum absolute atomic E-state index is 12.8. The van der Waals surface area contributed by atoms with E-state index in [0.29, 0.717) is 19.1 Å². The van der Waals surface area contributed by atoms with Crippen molar-refractivity contribution in [2.75, 3.05) is 18.5 Å². The lowest BCUT2D eigenvalue weighted by molar-refractivity contribution is -0.123. The molecule has 0 bridgehead atoms. The Balaban J connectivity index is 0.00000137. The van der Waals surface area contributed by atoms with Crippen LogP contribution in [-0.4, -0.2) is 30.7 Å². The van der Waals surface area contributed by atoms with Crippen LogP contribution in [-0.2, 0) is 20.9 Å². The van der Waals surface area contributed by atoms with Gasteiger partial charge in [-0.1, -0.05) is 51.3 Å². The third kappa shape index (κ3) is 9.02. The van der Waals surface area contributed by atoms with Crippen LogP contribution in [0.25, 0.3) is 11.1 Å². The summed E-state index contributed by atoms with van der Waals surface area (Å²) in [4.78, 5) is 21.1. The maximum Gasteiger partial charge on any atom is 0.290 e. The summed E-state index contributed by atoms with van der Waals surface area (Å²) in [6.07, 6.45) is 6.59. The van der Waals surface area contributed by atoms with E-state index in [1.165, 1.54) is 6.42 Å². The molecule has 2 N–H and O–H groups in total. The summed E-state index contributed by atoms with van der Waals surface area (Å²) in [5.41, 5.74) is 5.34. The smallest absolute Gasteiger partial charge is 0.290 e. The first kappa shape index (κ1) is 28.4. The molecule has 192 valence electrons. The Morgan fingerprint density at radius 1 is 1.14 bits per heavy atom. The first-order valence-electron chi connectivity index (χ1n) is 12.7. The summed E-state index contributed by atoms with van der Waals surface area (Å²) in [6, 6.07) is 12.4. The van der Waals surface area contributed by atoms with Gasteiger partial charge in [0.05, 0.1) is 13.2 Å². The van der Waals surface area contributed by atoms with Gasteiger partial charge in [0.1, 0.15) is 5.75 Å². The summed E-state index contributed by atoms with van der Waals surface area (Å²) in [5, 5.41) is 10.1. The molecule has 0 radical (unpaired) electrons. The Bertz CT molecular complexity index is 935. The average molecular weight is 484 g/mol. The van der Waals surface area contributed by atoms with Crippen molar-refractivity contribution in [2.24, 2.45) is 11.8 Å². The number of ether oxygens (including phenoxy) is 2. The molecule has 6 heteroatoms. The fourth-order valence-electron chi connectivity index (χ4n) is 4.38. The molecule has 0 unspecified atom stereocenters. The van der Waals surface area contributed by atoms with Crippen LogP contribution in [0.15, 0.2) is 36.4 Å². The van der Waals surface area contributed by atoms with Crippen LogP contribution < -0.4 is 10.1 Å². The second kappa shape index (κ2) is 15.2. The first-order chi connectivity index (χ1) is 16.9. The van der Waals surface area contributed by atoms with Crippen molar-refractivity contribution in [3.63, 3.8) is 0 Å². The van der Waals surface area contributed by atoms with E-state index >= 15 is 0 Å². The maximum atomic E-state index is 12.8. The Labute approximate surface area is 210 Å². The van der Waals surface area contributed by atoms with E-state index < -0.39 is 0 Å². The highest BCUT2D eigenvalue weighted by atomic mass is 16.5. The number of amides is 1. The standard InChI is InChI=1S/C28H39NO3.CH2O2/c1-5-32-27-13-9-12-25(21(27)4)26-15-14-24(18-23(26)19-31-17-16-20(2)3)29-28(30)22-10-7-6-8-11-22;2-1-3/h9,12-15,18,20,22H,5-8,10-11,16-17,19H2,1-4H3,(H,29,30);1H,(H,2,3). The second-order valence-electron chi connectivity index (χ2n) is 9.40. The van der Waals surface area contributed by atoms with Gasteiger partial charge in [0.2, 0.25) is 5.91 Å². The molecule has 3 rings (SSSR count). The zero-order valence-electron chi connectivity index (χ0n) is 21.6. The molecule has 1 aliphatic rings. The monoisotopic (exact) mass is 483 g/mol. The summed E-state index contributed by atoms with van der Waals surface area (Å²) in [7, 11) is 0. The van der Waals surface area contributed by atoms with Gasteiger partial charge in [0.25, 0.3) is 6.47 Å². The van der Waals surface area contributed by atoms with Gasteiger partial charge in [-0.3, -0.25) is 9.59 Å². The molecule has 0 heterocycles.